The fourth-order valence-corrected chi connectivity index (χ4v) is 2.15. The third-order valence-electron chi connectivity index (χ3n) is 3.18. The Morgan fingerprint density at radius 3 is 2.75 bits per heavy atom. The first kappa shape index (κ1) is 12.7. The normalized spacial score (nSPS) is 10.9. The van der Waals surface area contributed by atoms with E-state index in [0.717, 1.165) is 22.9 Å². The van der Waals surface area contributed by atoms with Crippen molar-refractivity contribution in [2.75, 3.05) is 6.61 Å². The molecule has 0 bridgehead atoms. The van der Waals surface area contributed by atoms with Gasteiger partial charge < -0.3 is 4.74 Å². The van der Waals surface area contributed by atoms with Crippen LogP contribution in [-0.4, -0.2) is 21.2 Å². The summed E-state index contributed by atoms with van der Waals surface area (Å²) in [4.78, 5) is 4.49. The Morgan fingerprint density at radius 1 is 1.10 bits per heavy atom. The maximum absolute atomic E-state index is 5.73. The minimum absolute atomic E-state index is 0.583. The first-order chi connectivity index (χ1) is 9.72. The van der Waals surface area contributed by atoms with Gasteiger partial charge in [-0.05, 0) is 43.7 Å². The molecule has 0 aliphatic rings. The number of aromatic nitrogens is 3. The van der Waals surface area contributed by atoms with Crippen molar-refractivity contribution in [3.63, 3.8) is 0 Å². The lowest BCUT2D eigenvalue weighted by Gasteiger charge is -2.04. The lowest BCUT2D eigenvalue weighted by molar-refractivity contribution is 0.318. The van der Waals surface area contributed by atoms with Gasteiger partial charge in [0.25, 0.3) is 0 Å². The molecule has 2 heterocycles. The highest BCUT2D eigenvalue weighted by Crippen LogP contribution is 2.12. The number of rotatable bonds is 4. The molecule has 0 fully saturated rings. The SMILES string of the molecule is Cc1cccc(OCCc2nc3cccc(C)n3n2)c1. The molecule has 0 spiro atoms. The van der Waals surface area contributed by atoms with Crippen LogP contribution in [0.4, 0.5) is 0 Å². The van der Waals surface area contributed by atoms with Gasteiger partial charge in [-0.25, -0.2) is 9.50 Å². The molecule has 3 aromatic rings. The largest absolute Gasteiger partial charge is 0.493 e. The molecular weight excluding hydrogens is 250 g/mol. The van der Waals surface area contributed by atoms with Crippen molar-refractivity contribution in [3.8, 4) is 5.75 Å². The molecule has 0 aliphatic carbocycles. The van der Waals surface area contributed by atoms with E-state index in [9.17, 15) is 0 Å². The van der Waals surface area contributed by atoms with Crippen LogP contribution in [0.1, 0.15) is 17.1 Å². The molecule has 0 atom stereocenters. The summed E-state index contributed by atoms with van der Waals surface area (Å²) in [6.07, 6.45) is 0.703. The van der Waals surface area contributed by atoms with Gasteiger partial charge in [-0.3, -0.25) is 0 Å². The Balaban J connectivity index is 1.67. The number of ether oxygens (including phenoxy) is 1. The van der Waals surface area contributed by atoms with E-state index in [0.29, 0.717) is 13.0 Å². The first-order valence-electron chi connectivity index (χ1n) is 6.73. The molecule has 0 radical (unpaired) electrons. The van der Waals surface area contributed by atoms with Crippen LogP contribution >= 0.6 is 0 Å². The van der Waals surface area contributed by atoms with E-state index in [4.69, 9.17) is 4.74 Å². The van der Waals surface area contributed by atoms with Gasteiger partial charge in [0.05, 0.1) is 6.61 Å². The standard InChI is InChI=1S/C16H17N3O/c1-12-5-3-7-14(11-12)20-10-9-15-17-16-8-4-6-13(2)19(16)18-15/h3-8,11H,9-10H2,1-2H3. The van der Waals surface area contributed by atoms with Crippen molar-refractivity contribution in [1.82, 2.24) is 14.6 Å². The zero-order chi connectivity index (χ0) is 13.9. The molecule has 0 amide bonds. The number of pyridine rings is 1. The molecule has 1 aromatic carbocycles. The molecule has 102 valence electrons. The van der Waals surface area contributed by atoms with Gasteiger partial charge in [0.1, 0.15) is 5.75 Å². The highest BCUT2D eigenvalue weighted by atomic mass is 16.5. The van der Waals surface area contributed by atoms with Gasteiger partial charge in [-0.1, -0.05) is 18.2 Å². The van der Waals surface area contributed by atoms with Gasteiger partial charge in [0.2, 0.25) is 0 Å². The van der Waals surface area contributed by atoms with Crippen LogP contribution in [-0.2, 0) is 6.42 Å². The second-order valence-electron chi connectivity index (χ2n) is 4.88. The molecule has 0 saturated carbocycles. The van der Waals surface area contributed by atoms with Crippen LogP contribution in [0.15, 0.2) is 42.5 Å². The Morgan fingerprint density at radius 2 is 1.95 bits per heavy atom. The third kappa shape index (κ3) is 2.64. The Kier molecular flexibility index (Phi) is 3.37. The predicted molar refractivity (Wildman–Crippen MR) is 78.1 cm³/mol. The summed E-state index contributed by atoms with van der Waals surface area (Å²) >= 11 is 0. The third-order valence-corrected chi connectivity index (χ3v) is 3.18. The number of fused-ring (bicyclic) bond motifs is 1. The van der Waals surface area contributed by atoms with Crippen molar-refractivity contribution in [3.05, 3.63) is 59.5 Å². The Hall–Kier alpha value is -2.36. The summed E-state index contributed by atoms with van der Waals surface area (Å²) in [7, 11) is 0. The second kappa shape index (κ2) is 5.33. The topological polar surface area (TPSA) is 39.4 Å². The van der Waals surface area contributed by atoms with Crippen LogP contribution in [0.2, 0.25) is 0 Å². The van der Waals surface area contributed by atoms with Gasteiger partial charge in [-0.2, -0.15) is 5.10 Å². The van der Waals surface area contributed by atoms with Crippen LogP contribution < -0.4 is 4.74 Å². The lowest BCUT2D eigenvalue weighted by atomic mass is 10.2. The molecule has 20 heavy (non-hydrogen) atoms. The fraction of sp³-hybridized carbons (Fsp3) is 0.250. The molecule has 2 aromatic heterocycles. The van der Waals surface area contributed by atoms with Crippen LogP contribution in [0.3, 0.4) is 0 Å². The lowest BCUT2D eigenvalue weighted by Crippen LogP contribution is -2.03. The number of nitrogens with zero attached hydrogens (tertiary/aromatic N) is 3. The van der Waals surface area contributed by atoms with Crippen molar-refractivity contribution in [1.29, 1.82) is 0 Å². The van der Waals surface area contributed by atoms with E-state index < -0.39 is 0 Å². The smallest absolute Gasteiger partial charge is 0.155 e. The maximum Gasteiger partial charge on any atom is 0.155 e. The van der Waals surface area contributed by atoms with E-state index in [1.807, 2.05) is 47.8 Å². The fourth-order valence-electron chi connectivity index (χ4n) is 2.15. The highest BCUT2D eigenvalue weighted by molar-refractivity contribution is 5.38. The van der Waals surface area contributed by atoms with E-state index in [2.05, 4.69) is 23.1 Å². The molecule has 0 N–H and O–H groups in total. The van der Waals surface area contributed by atoms with Crippen LogP contribution in [0.5, 0.6) is 5.75 Å². The Labute approximate surface area is 118 Å². The van der Waals surface area contributed by atoms with Crippen LogP contribution in [0.25, 0.3) is 5.65 Å². The summed E-state index contributed by atoms with van der Waals surface area (Å²) in [6, 6.07) is 14.0. The minimum atomic E-state index is 0.583. The predicted octanol–water partition coefficient (Wildman–Crippen LogP) is 2.97. The zero-order valence-corrected chi connectivity index (χ0v) is 11.7. The minimum Gasteiger partial charge on any atom is -0.493 e. The maximum atomic E-state index is 5.73. The summed E-state index contributed by atoms with van der Waals surface area (Å²) in [6.45, 7) is 4.66. The molecule has 4 heteroatoms. The van der Waals surface area contributed by atoms with E-state index in [1.165, 1.54) is 5.56 Å². The molecule has 0 saturated heterocycles. The zero-order valence-electron chi connectivity index (χ0n) is 11.7. The average Bonchev–Trinajstić information content (AvgIpc) is 2.83. The summed E-state index contributed by atoms with van der Waals surface area (Å²) < 4.78 is 7.59. The second-order valence-corrected chi connectivity index (χ2v) is 4.88. The number of aryl methyl sites for hydroxylation is 2. The average molecular weight is 267 g/mol. The molecule has 0 unspecified atom stereocenters. The molecule has 3 rings (SSSR count). The molecule has 4 nitrogen and oxygen atoms in total. The molecular formula is C16H17N3O. The highest BCUT2D eigenvalue weighted by Gasteiger charge is 2.05. The first-order valence-corrected chi connectivity index (χ1v) is 6.73. The summed E-state index contributed by atoms with van der Waals surface area (Å²) in [5.41, 5.74) is 3.17. The van der Waals surface area contributed by atoms with Gasteiger partial charge in [-0.15, -0.1) is 0 Å². The number of benzene rings is 1. The monoisotopic (exact) mass is 267 g/mol. The quantitative estimate of drug-likeness (QED) is 0.729. The Bertz CT molecular complexity index is 733. The number of hydrogen-bond donors (Lipinski definition) is 0. The van der Waals surface area contributed by atoms with Crippen molar-refractivity contribution in [2.45, 2.75) is 20.3 Å². The van der Waals surface area contributed by atoms with Crippen molar-refractivity contribution >= 4 is 5.65 Å². The van der Waals surface area contributed by atoms with Gasteiger partial charge in [0.15, 0.2) is 11.5 Å². The van der Waals surface area contributed by atoms with E-state index in [1.54, 1.807) is 0 Å². The van der Waals surface area contributed by atoms with E-state index in [-0.39, 0.29) is 0 Å². The van der Waals surface area contributed by atoms with Gasteiger partial charge in [0, 0.05) is 12.1 Å². The van der Waals surface area contributed by atoms with Gasteiger partial charge >= 0.3 is 0 Å². The number of hydrogen-bond acceptors (Lipinski definition) is 3. The van der Waals surface area contributed by atoms with Crippen molar-refractivity contribution in [2.24, 2.45) is 0 Å². The van der Waals surface area contributed by atoms with E-state index >= 15 is 0 Å². The molecule has 0 aliphatic heterocycles. The van der Waals surface area contributed by atoms with Crippen molar-refractivity contribution < 1.29 is 4.74 Å². The summed E-state index contributed by atoms with van der Waals surface area (Å²) in [5.74, 6) is 1.71. The van der Waals surface area contributed by atoms with Crippen LogP contribution in [0, 0.1) is 13.8 Å². The summed E-state index contributed by atoms with van der Waals surface area (Å²) in [5, 5.41) is 4.49.